The van der Waals surface area contributed by atoms with Crippen LogP contribution in [0.15, 0.2) is 0 Å². The molecule has 1 fully saturated rings. The highest BCUT2D eigenvalue weighted by atomic mass is 16.6. The summed E-state index contributed by atoms with van der Waals surface area (Å²) in [6, 6.07) is 0. The van der Waals surface area contributed by atoms with Gasteiger partial charge in [-0.1, -0.05) is 20.8 Å². The molecule has 0 aromatic rings. The molecule has 0 aromatic heterocycles. The highest BCUT2D eigenvalue weighted by Crippen LogP contribution is 2.23. The molecule has 0 aliphatic heterocycles. The lowest BCUT2D eigenvalue weighted by Crippen LogP contribution is -2.28. The van der Waals surface area contributed by atoms with Crippen LogP contribution in [0.2, 0.25) is 0 Å². The van der Waals surface area contributed by atoms with E-state index in [0.29, 0.717) is 32.8 Å². The van der Waals surface area contributed by atoms with E-state index < -0.39 is 0 Å². The van der Waals surface area contributed by atoms with Crippen molar-refractivity contribution >= 4 is 11.9 Å². The summed E-state index contributed by atoms with van der Waals surface area (Å²) in [6.07, 6.45) is 5.48. The maximum Gasteiger partial charge on any atom is 0.308 e. The number of esters is 2. The lowest BCUT2D eigenvalue weighted by Gasteiger charge is -2.28. The Balaban J connectivity index is 2.00. The van der Waals surface area contributed by atoms with E-state index in [1.807, 2.05) is 20.8 Å². The average molecular weight is 344 g/mol. The van der Waals surface area contributed by atoms with Gasteiger partial charge in [0.1, 0.15) is 13.2 Å². The Bertz CT molecular complexity index is 361. The Labute approximate surface area is 145 Å². The fourth-order valence-corrected chi connectivity index (χ4v) is 2.54. The van der Waals surface area contributed by atoms with E-state index in [0.717, 1.165) is 32.1 Å². The Kier molecular flexibility index (Phi) is 10.7. The first-order chi connectivity index (χ1) is 11.5. The topological polar surface area (TPSA) is 71.1 Å². The molecule has 140 valence electrons. The maximum absolute atomic E-state index is 11.3. The van der Waals surface area contributed by atoms with Gasteiger partial charge in [-0.3, -0.25) is 9.59 Å². The molecular weight excluding hydrogens is 312 g/mol. The molecule has 24 heavy (non-hydrogen) atoms. The van der Waals surface area contributed by atoms with E-state index >= 15 is 0 Å². The van der Waals surface area contributed by atoms with Crippen LogP contribution >= 0.6 is 0 Å². The first-order valence-corrected chi connectivity index (χ1v) is 9.08. The van der Waals surface area contributed by atoms with Gasteiger partial charge in [0.2, 0.25) is 0 Å². The Morgan fingerprint density at radius 1 is 0.875 bits per heavy atom. The quantitative estimate of drug-likeness (QED) is 0.424. The standard InChI is InChI=1S/C18H32O6/c1-4-5-17(19)23-12-10-21-15-6-8-16(9-7-15)22-11-13-24-18(20)14(2)3/h14-16H,4-13H2,1-3H3. The second-order valence-corrected chi connectivity index (χ2v) is 6.43. The first-order valence-electron chi connectivity index (χ1n) is 9.08. The van der Waals surface area contributed by atoms with Crippen LogP contribution in [0.5, 0.6) is 0 Å². The Hall–Kier alpha value is -1.14. The second-order valence-electron chi connectivity index (χ2n) is 6.43. The molecule has 1 aliphatic rings. The van der Waals surface area contributed by atoms with Crippen molar-refractivity contribution in [3.63, 3.8) is 0 Å². The smallest absolute Gasteiger partial charge is 0.308 e. The van der Waals surface area contributed by atoms with Crippen molar-refractivity contribution in [3.05, 3.63) is 0 Å². The molecule has 0 N–H and O–H groups in total. The molecule has 1 aliphatic carbocycles. The summed E-state index contributed by atoms with van der Waals surface area (Å²) in [6.45, 7) is 7.13. The number of carbonyl (C=O) groups excluding carboxylic acids is 2. The van der Waals surface area contributed by atoms with Gasteiger partial charge in [0, 0.05) is 6.42 Å². The van der Waals surface area contributed by atoms with Crippen molar-refractivity contribution in [3.8, 4) is 0 Å². The molecule has 0 bridgehead atoms. The zero-order valence-corrected chi connectivity index (χ0v) is 15.3. The van der Waals surface area contributed by atoms with Gasteiger partial charge in [-0.15, -0.1) is 0 Å². The number of hydrogen-bond acceptors (Lipinski definition) is 6. The minimum atomic E-state index is -0.185. The van der Waals surface area contributed by atoms with Gasteiger partial charge in [0.15, 0.2) is 0 Å². The normalized spacial score (nSPS) is 20.8. The molecular formula is C18H32O6. The predicted octanol–water partition coefficient (Wildman–Crippen LogP) is 2.87. The van der Waals surface area contributed by atoms with Gasteiger partial charge < -0.3 is 18.9 Å². The van der Waals surface area contributed by atoms with Crippen LogP contribution in [0.4, 0.5) is 0 Å². The summed E-state index contributed by atoms with van der Waals surface area (Å²) in [5.41, 5.74) is 0. The van der Waals surface area contributed by atoms with Gasteiger partial charge in [-0.25, -0.2) is 0 Å². The van der Waals surface area contributed by atoms with Gasteiger partial charge >= 0.3 is 11.9 Å². The van der Waals surface area contributed by atoms with Crippen LogP contribution < -0.4 is 0 Å². The monoisotopic (exact) mass is 344 g/mol. The van der Waals surface area contributed by atoms with Crippen LogP contribution in [-0.2, 0) is 28.5 Å². The molecule has 6 heteroatoms. The third kappa shape index (κ3) is 9.23. The molecule has 0 radical (unpaired) electrons. The van der Waals surface area contributed by atoms with E-state index in [1.165, 1.54) is 0 Å². The second kappa shape index (κ2) is 12.3. The van der Waals surface area contributed by atoms with Crippen LogP contribution in [0.25, 0.3) is 0 Å². The van der Waals surface area contributed by atoms with Gasteiger partial charge in [0.05, 0.1) is 31.3 Å². The van der Waals surface area contributed by atoms with Gasteiger partial charge in [-0.05, 0) is 32.1 Å². The molecule has 1 rings (SSSR count). The molecule has 0 atom stereocenters. The summed E-state index contributed by atoms with van der Waals surface area (Å²) in [7, 11) is 0. The van der Waals surface area contributed by atoms with Crippen LogP contribution in [0.1, 0.15) is 59.3 Å². The Morgan fingerprint density at radius 3 is 1.83 bits per heavy atom. The van der Waals surface area contributed by atoms with Crippen molar-refractivity contribution in [2.45, 2.75) is 71.5 Å². The van der Waals surface area contributed by atoms with E-state index in [2.05, 4.69) is 0 Å². The third-order valence-electron chi connectivity index (χ3n) is 3.93. The van der Waals surface area contributed by atoms with Crippen LogP contribution in [0.3, 0.4) is 0 Å². The summed E-state index contributed by atoms with van der Waals surface area (Å²) in [4.78, 5) is 22.5. The third-order valence-corrected chi connectivity index (χ3v) is 3.93. The molecule has 6 nitrogen and oxygen atoms in total. The highest BCUT2D eigenvalue weighted by molar-refractivity contribution is 5.71. The largest absolute Gasteiger partial charge is 0.463 e. The highest BCUT2D eigenvalue weighted by Gasteiger charge is 2.22. The molecule has 0 saturated heterocycles. The first kappa shape index (κ1) is 20.9. The number of rotatable bonds is 11. The number of ether oxygens (including phenoxy) is 4. The summed E-state index contributed by atoms with van der Waals surface area (Å²) < 4.78 is 21.6. The van der Waals surface area contributed by atoms with E-state index in [9.17, 15) is 9.59 Å². The van der Waals surface area contributed by atoms with Gasteiger partial charge in [-0.2, -0.15) is 0 Å². The molecule has 0 amide bonds. The zero-order valence-electron chi connectivity index (χ0n) is 15.3. The van der Waals surface area contributed by atoms with Crippen molar-refractivity contribution in [2.75, 3.05) is 26.4 Å². The maximum atomic E-state index is 11.3. The van der Waals surface area contributed by atoms with Crippen molar-refractivity contribution in [1.29, 1.82) is 0 Å². The fraction of sp³-hybridized carbons (Fsp3) is 0.889. The lowest BCUT2D eigenvalue weighted by molar-refractivity contribution is -0.150. The summed E-state index contributed by atoms with van der Waals surface area (Å²) in [5, 5.41) is 0. The van der Waals surface area contributed by atoms with E-state index in [4.69, 9.17) is 18.9 Å². The molecule has 0 spiro atoms. The minimum Gasteiger partial charge on any atom is -0.463 e. The molecule has 0 unspecified atom stereocenters. The molecule has 1 saturated carbocycles. The predicted molar refractivity (Wildman–Crippen MR) is 89.6 cm³/mol. The summed E-state index contributed by atoms with van der Waals surface area (Å²) >= 11 is 0. The van der Waals surface area contributed by atoms with Crippen molar-refractivity contribution in [2.24, 2.45) is 5.92 Å². The minimum absolute atomic E-state index is 0.0983. The van der Waals surface area contributed by atoms with Crippen LogP contribution in [-0.4, -0.2) is 50.6 Å². The summed E-state index contributed by atoms with van der Waals surface area (Å²) in [5.74, 6) is -0.439. The fourth-order valence-electron chi connectivity index (χ4n) is 2.54. The number of hydrogen-bond donors (Lipinski definition) is 0. The molecule has 0 heterocycles. The van der Waals surface area contributed by atoms with E-state index in [1.54, 1.807) is 0 Å². The molecule has 0 aromatic carbocycles. The SMILES string of the molecule is CCCC(=O)OCCOC1CCC(OCCOC(=O)C(C)C)CC1. The van der Waals surface area contributed by atoms with Gasteiger partial charge in [0.25, 0.3) is 0 Å². The lowest BCUT2D eigenvalue weighted by atomic mass is 9.95. The number of carbonyl (C=O) groups is 2. The average Bonchev–Trinajstić information content (AvgIpc) is 2.56. The van der Waals surface area contributed by atoms with Crippen molar-refractivity contribution in [1.82, 2.24) is 0 Å². The van der Waals surface area contributed by atoms with E-state index in [-0.39, 0.29) is 30.1 Å². The van der Waals surface area contributed by atoms with Crippen molar-refractivity contribution < 1.29 is 28.5 Å². The Morgan fingerprint density at radius 2 is 1.38 bits per heavy atom. The zero-order chi connectivity index (χ0) is 17.8. The van der Waals surface area contributed by atoms with Crippen LogP contribution in [0, 0.1) is 5.92 Å².